The zero-order valence-corrected chi connectivity index (χ0v) is 16.9. The number of hydrogen-bond acceptors (Lipinski definition) is 4. The lowest BCUT2D eigenvalue weighted by atomic mass is 9.85. The van der Waals surface area contributed by atoms with E-state index in [1.54, 1.807) is 36.4 Å². The van der Waals surface area contributed by atoms with Crippen molar-refractivity contribution in [2.24, 2.45) is 0 Å². The molecule has 5 amide bonds. The third-order valence-corrected chi connectivity index (χ3v) is 4.86. The smallest absolute Gasteiger partial charge is 0.325 e. The van der Waals surface area contributed by atoms with Crippen molar-refractivity contribution >= 4 is 35.1 Å². The van der Waals surface area contributed by atoms with Crippen LogP contribution in [0.25, 0.3) is 0 Å². The Morgan fingerprint density at radius 3 is 2.13 bits per heavy atom. The Bertz CT molecular complexity index is 959. The lowest BCUT2D eigenvalue weighted by molar-refractivity contribution is -0.134. The van der Waals surface area contributed by atoms with Gasteiger partial charge in [0.25, 0.3) is 5.91 Å². The molecule has 1 aliphatic rings. The molecule has 0 aliphatic carbocycles. The van der Waals surface area contributed by atoms with Gasteiger partial charge in [0.1, 0.15) is 12.1 Å². The van der Waals surface area contributed by atoms with E-state index in [9.17, 15) is 19.2 Å². The summed E-state index contributed by atoms with van der Waals surface area (Å²) >= 11 is 0. The van der Waals surface area contributed by atoms with Crippen LogP contribution in [0.2, 0.25) is 0 Å². The number of amides is 5. The molecule has 0 spiro atoms. The van der Waals surface area contributed by atoms with Crippen LogP contribution in [0.3, 0.4) is 0 Å². The standard InChI is InChI=1S/C22H24N4O4/c1-3-13-22(16-7-5-4-6-8-16)20(29)26(21(30)25-22)14-19(28)24-18-11-9-17(10-12-18)23-15(2)27/h4-12H,3,13-14H2,1-2H3,(H,23,27)(H,24,28)(H,25,30)/t22-/m1/s1. The zero-order valence-electron chi connectivity index (χ0n) is 16.9. The van der Waals surface area contributed by atoms with Crippen LogP contribution in [0.1, 0.15) is 32.3 Å². The van der Waals surface area contributed by atoms with Gasteiger partial charge in [0.15, 0.2) is 0 Å². The van der Waals surface area contributed by atoms with Crippen molar-refractivity contribution in [2.45, 2.75) is 32.2 Å². The Morgan fingerprint density at radius 2 is 1.57 bits per heavy atom. The van der Waals surface area contributed by atoms with Crippen LogP contribution in [0.5, 0.6) is 0 Å². The highest BCUT2D eigenvalue weighted by Crippen LogP contribution is 2.33. The van der Waals surface area contributed by atoms with Crippen LogP contribution >= 0.6 is 0 Å². The van der Waals surface area contributed by atoms with Gasteiger partial charge in [-0.3, -0.25) is 19.3 Å². The predicted octanol–water partition coefficient (Wildman–Crippen LogP) is 2.83. The van der Waals surface area contributed by atoms with Gasteiger partial charge in [-0.2, -0.15) is 0 Å². The Labute approximate surface area is 174 Å². The van der Waals surface area contributed by atoms with Gasteiger partial charge >= 0.3 is 6.03 Å². The molecule has 0 aromatic heterocycles. The molecule has 3 N–H and O–H groups in total. The number of benzene rings is 2. The Balaban J connectivity index is 1.71. The Morgan fingerprint density at radius 1 is 0.967 bits per heavy atom. The molecule has 8 nitrogen and oxygen atoms in total. The maximum Gasteiger partial charge on any atom is 0.325 e. The molecule has 1 atom stereocenters. The number of carbonyl (C=O) groups is 4. The highest BCUT2D eigenvalue weighted by molar-refractivity contribution is 6.10. The molecule has 1 saturated heterocycles. The van der Waals surface area contributed by atoms with E-state index >= 15 is 0 Å². The molecule has 1 heterocycles. The third kappa shape index (κ3) is 4.32. The molecule has 0 unspecified atom stereocenters. The van der Waals surface area contributed by atoms with Gasteiger partial charge in [-0.05, 0) is 36.2 Å². The number of nitrogens with one attached hydrogen (secondary N) is 3. The summed E-state index contributed by atoms with van der Waals surface area (Å²) in [7, 11) is 0. The van der Waals surface area contributed by atoms with Crippen molar-refractivity contribution in [3.8, 4) is 0 Å². The summed E-state index contributed by atoms with van der Waals surface area (Å²) in [5.41, 5.74) is 0.625. The van der Waals surface area contributed by atoms with Gasteiger partial charge in [-0.1, -0.05) is 43.7 Å². The maximum atomic E-state index is 13.2. The second kappa shape index (κ2) is 8.77. The number of anilines is 2. The Kier molecular flexibility index (Phi) is 6.15. The number of urea groups is 1. The summed E-state index contributed by atoms with van der Waals surface area (Å²) in [6.07, 6.45) is 1.12. The number of imide groups is 1. The molecule has 0 bridgehead atoms. The maximum absolute atomic E-state index is 13.2. The number of rotatable bonds is 7. The first-order valence-corrected chi connectivity index (χ1v) is 9.73. The highest BCUT2D eigenvalue weighted by Gasteiger charge is 2.52. The largest absolute Gasteiger partial charge is 0.326 e. The summed E-state index contributed by atoms with van der Waals surface area (Å²) in [4.78, 5) is 50.2. The minimum absolute atomic E-state index is 0.195. The first kappa shape index (κ1) is 21.0. The van der Waals surface area contributed by atoms with Gasteiger partial charge in [-0.25, -0.2) is 4.79 Å². The molecule has 2 aromatic carbocycles. The van der Waals surface area contributed by atoms with Crippen LogP contribution in [0.15, 0.2) is 54.6 Å². The van der Waals surface area contributed by atoms with E-state index in [4.69, 9.17) is 0 Å². The molecule has 0 radical (unpaired) electrons. The summed E-state index contributed by atoms with van der Waals surface area (Å²) in [6.45, 7) is 2.95. The van der Waals surface area contributed by atoms with Crippen molar-refractivity contribution < 1.29 is 19.2 Å². The van der Waals surface area contributed by atoms with E-state index in [1.807, 2.05) is 25.1 Å². The molecule has 1 fully saturated rings. The van der Waals surface area contributed by atoms with Gasteiger partial charge in [0, 0.05) is 18.3 Å². The summed E-state index contributed by atoms with van der Waals surface area (Å²) in [5.74, 6) is -1.12. The fraction of sp³-hybridized carbons (Fsp3) is 0.273. The van der Waals surface area contributed by atoms with Gasteiger partial charge in [0.05, 0.1) is 0 Å². The minimum Gasteiger partial charge on any atom is -0.326 e. The SMILES string of the molecule is CCC[C@]1(c2ccccc2)NC(=O)N(CC(=O)Nc2ccc(NC(C)=O)cc2)C1=O. The Hall–Kier alpha value is -3.68. The molecule has 3 rings (SSSR count). The molecule has 156 valence electrons. The average molecular weight is 408 g/mol. The lowest BCUT2D eigenvalue weighted by Crippen LogP contribution is -2.44. The lowest BCUT2D eigenvalue weighted by Gasteiger charge is -2.26. The van der Waals surface area contributed by atoms with E-state index in [0.717, 1.165) is 4.90 Å². The summed E-state index contributed by atoms with van der Waals surface area (Å²) < 4.78 is 0. The fourth-order valence-corrected chi connectivity index (χ4v) is 3.56. The van der Waals surface area contributed by atoms with Gasteiger partial charge in [0.2, 0.25) is 11.8 Å². The highest BCUT2D eigenvalue weighted by atomic mass is 16.2. The zero-order chi connectivity index (χ0) is 21.7. The molecule has 30 heavy (non-hydrogen) atoms. The number of carbonyl (C=O) groups excluding carboxylic acids is 4. The van der Waals surface area contributed by atoms with Crippen molar-refractivity contribution in [1.82, 2.24) is 10.2 Å². The molecule has 1 aliphatic heterocycles. The number of hydrogen-bond donors (Lipinski definition) is 3. The first-order valence-electron chi connectivity index (χ1n) is 9.73. The quantitative estimate of drug-likeness (QED) is 0.612. The van der Waals surface area contributed by atoms with Crippen LogP contribution in [0.4, 0.5) is 16.2 Å². The van der Waals surface area contributed by atoms with E-state index in [1.165, 1.54) is 6.92 Å². The molecule has 0 saturated carbocycles. The second-order valence-corrected chi connectivity index (χ2v) is 7.15. The second-order valence-electron chi connectivity index (χ2n) is 7.15. The molecular formula is C22H24N4O4. The van der Waals surface area contributed by atoms with Crippen LogP contribution < -0.4 is 16.0 Å². The molecule has 8 heteroatoms. The predicted molar refractivity (Wildman–Crippen MR) is 113 cm³/mol. The van der Waals surface area contributed by atoms with E-state index in [-0.39, 0.29) is 5.91 Å². The van der Waals surface area contributed by atoms with Crippen LogP contribution in [0, 0.1) is 0 Å². The van der Waals surface area contributed by atoms with Gasteiger partial charge < -0.3 is 16.0 Å². The van der Waals surface area contributed by atoms with Crippen molar-refractivity contribution in [2.75, 3.05) is 17.2 Å². The fourth-order valence-electron chi connectivity index (χ4n) is 3.56. The molecule has 2 aromatic rings. The normalized spacial score (nSPS) is 18.1. The third-order valence-electron chi connectivity index (χ3n) is 4.86. The topological polar surface area (TPSA) is 108 Å². The van der Waals surface area contributed by atoms with Crippen LogP contribution in [-0.4, -0.2) is 35.2 Å². The number of nitrogens with zero attached hydrogens (tertiary/aromatic N) is 1. The van der Waals surface area contributed by atoms with Gasteiger partial charge in [-0.15, -0.1) is 0 Å². The van der Waals surface area contributed by atoms with Crippen molar-refractivity contribution in [3.63, 3.8) is 0 Å². The first-order chi connectivity index (χ1) is 14.4. The van der Waals surface area contributed by atoms with Crippen molar-refractivity contribution in [1.29, 1.82) is 0 Å². The monoisotopic (exact) mass is 408 g/mol. The van der Waals surface area contributed by atoms with E-state index in [2.05, 4.69) is 16.0 Å². The van der Waals surface area contributed by atoms with E-state index in [0.29, 0.717) is 29.8 Å². The molecular weight excluding hydrogens is 384 g/mol. The van der Waals surface area contributed by atoms with Crippen molar-refractivity contribution in [3.05, 3.63) is 60.2 Å². The average Bonchev–Trinajstić information content (AvgIpc) is 2.95. The summed E-state index contributed by atoms with van der Waals surface area (Å²) in [5, 5.41) is 8.10. The minimum atomic E-state index is -1.16. The van der Waals surface area contributed by atoms with E-state index < -0.39 is 29.9 Å². The summed E-state index contributed by atoms with van der Waals surface area (Å²) in [6, 6.07) is 15.0. The van der Waals surface area contributed by atoms with Crippen LogP contribution in [-0.2, 0) is 19.9 Å².